The molecule has 0 saturated heterocycles. The maximum Gasteiger partial charge on any atom is 0.273 e. The molecule has 28 heavy (non-hydrogen) atoms. The van der Waals surface area contributed by atoms with Gasteiger partial charge in [-0.05, 0) is 36.1 Å². The minimum atomic E-state index is -0.206. The summed E-state index contributed by atoms with van der Waals surface area (Å²) < 4.78 is 7.69. The van der Waals surface area contributed by atoms with Gasteiger partial charge in [0, 0.05) is 11.6 Å². The van der Waals surface area contributed by atoms with Crippen molar-refractivity contribution in [1.82, 2.24) is 20.3 Å². The van der Waals surface area contributed by atoms with E-state index in [9.17, 15) is 4.79 Å². The van der Waals surface area contributed by atoms with Crippen molar-refractivity contribution in [2.45, 2.75) is 32.1 Å². The zero-order chi connectivity index (χ0) is 19.3. The standard InChI is InChI=1S/C21H21ClN4O2/c22-17-10-8-16(9-11-17)19-13-26-18(14-28-19)20(24-25-26)21(27)23-12-4-7-15-5-2-1-3-6-15/h1-3,5-6,8-11,19H,4,7,12-14H2,(H,23,27)/t19-/m1/s1. The van der Waals surface area contributed by atoms with Crippen LogP contribution in [0.15, 0.2) is 54.6 Å². The molecule has 0 saturated carbocycles. The molecule has 3 aromatic rings. The molecule has 0 unspecified atom stereocenters. The van der Waals surface area contributed by atoms with Crippen molar-refractivity contribution in [2.75, 3.05) is 6.54 Å². The molecule has 0 aliphatic carbocycles. The summed E-state index contributed by atoms with van der Waals surface area (Å²) in [5.41, 5.74) is 3.34. The number of rotatable bonds is 6. The molecule has 1 N–H and O–H groups in total. The van der Waals surface area contributed by atoms with Crippen LogP contribution < -0.4 is 5.32 Å². The van der Waals surface area contributed by atoms with Crippen LogP contribution in [0, 0.1) is 0 Å². The summed E-state index contributed by atoms with van der Waals surface area (Å²) in [4.78, 5) is 12.5. The van der Waals surface area contributed by atoms with Gasteiger partial charge in [-0.2, -0.15) is 0 Å². The molecule has 1 aliphatic rings. The van der Waals surface area contributed by atoms with Gasteiger partial charge in [0.2, 0.25) is 0 Å². The zero-order valence-electron chi connectivity index (χ0n) is 15.3. The van der Waals surface area contributed by atoms with Gasteiger partial charge in [-0.15, -0.1) is 5.10 Å². The summed E-state index contributed by atoms with van der Waals surface area (Å²) in [5.74, 6) is -0.206. The molecule has 7 heteroatoms. The van der Waals surface area contributed by atoms with Gasteiger partial charge in [0.1, 0.15) is 6.10 Å². The quantitative estimate of drug-likeness (QED) is 0.647. The summed E-state index contributed by atoms with van der Waals surface area (Å²) >= 11 is 5.94. The van der Waals surface area contributed by atoms with Gasteiger partial charge in [0.15, 0.2) is 5.69 Å². The number of halogens is 1. The number of ether oxygens (including phenoxy) is 1. The molecule has 4 rings (SSSR count). The fourth-order valence-electron chi connectivity index (χ4n) is 3.29. The average Bonchev–Trinajstić information content (AvgIpc) is 3.16. The Morgan fingerprint density at radius 3 is 2.75 bits per heavy atom. The largest absolute Gasteiger partial charge is 0.365 e. The Balaban J connectivity index is 1.33. The summed E-state index contributed by atoms with van der Waals surface area (Å²) in [6, 6.07) is 17.8. The second-order valence-electron chi connectivity index (χ2n) is 6.76. The summed E-state index contributed by atoms with van der Waals surface area (Å²) in [7, 11) is 0. The number of nitrogens with zero attached hydrogens (tertiary/aromatic N) is 3. The van der Waals surface area contributed by atoms with Crippen LogP contribution in [0.5, 0.6) is 0 Å². The third-order valence-electron chi connectivity index (χ3n) is 4.83. The number of carbonyl (C=O) groups is 1. The number of fused-ring (bicyclic) bond motifs is 1. The average molecular weight is 397 g/mol. The molecule has 2 aromatic carbocycles. The van der Waals surface area contributed by atoms with Crippen molar-refractivity contribution in [2.24, 2.45) is 0 Å². The second-order valence-corrected chi connectivity index (χ2v) is 7.20. The minimum Gasteiger partial charge on any atom is -0.365 e. The van der Waals surface area contributed by atoms with Crippen LogP contribution in [0.1, 0.15) is 39.8 Å². The normalized spacial score (nSPS) is 15.8. The van der Waals surface area contributed by atoms with Gasteiger partial charge in [-0.3, -0.25) is 4.79 Å². The van der Waals surface area contributed by atoms with E-state index in [0.717, 1.165) is 18.4 Å². The van der Waals surface area contributed by atoms with Gasteiger partial charge in [-0.1, -0.05) is 59.3 Å². The first kappa shape index (κ1) is 18.7. The van der Waals surface area contributed by atoms with Gasteiger partial charge in [0.05, 0.1) is 18.8 Å². The van der Waals surface area contributed by atoms with Crippen LogP contribution in [0.25, 0.3) is 0 Å². The van der Waals surface area contributed by atoms with Crippen LogP contribution in [0.3, 0.4) is 0 Å². The Hall–Kier alpha value is -2.70. The fourth-order valence-corrected chi connectivity index (χ4v) is 3.42. The predicted octanol–water partition coefficient (Wildman–Crippen LogP) is 3.57. The molecule has 0 radical (unpaired) electrons. The minimum absolute atomic E-state index is 0.131. The van der Waals surface area contributed by atoms with Crippen molar-refractivity contribution in [1.29, 1.82) is 0 Å². The Labute approximate surface area is 168 Å². The van der Waals surface area contributed by atoms with Crippen LogP contribution in [0.2, 0.25) is 5.02 Å². The highest BCUT2D eigenvalue weighted by Crippen LogP contribution is 2.27. The lowest BCUT2D eigenvalue weighted by molar-refractivity contribution is -0.00176. The highest BCUT2D eigenvalue weighted by atomic mass is 35.5. The van der Waals surface area contributed by atoms with Gasteiger partial charge >= 0.3 is 0 Å². The third kappa shape index (κ3) is 4.24. The van der Waals surface area contributed by atoms with Crippen LogP contribution in [-0.4, -0.2) is 27.4 Å². The Morgan fingerprint density at radius 2 is 1.96 bits per heavy atom. The molecule has 144 valence electrons. The third-order valence-corrected chi connectivity index (χ3v) is 5.08. The lowest BCUT2D eigenvalue weighted by Crippen LogP contribution is -2.28. The van der Waals surface area contributed by atoms with Gasteiger partial charge < -0.3 is 10.1 Å². The van der Waals surface area contributed by atoms with Crippen LogP contribution >= 0.6 is 11.6 Å². The first-order chi connectivity index (χ1) is 13.7. The van der Waals surface area contributed by atoms with Crippen molar-refractivity contribution in [3.05, 3.63) is 82.1 Å². The molecule has 2 heterocycles. The maximum atomic E-state index is 12.5. The van der Waals surface area contributed by atoms with Gasteiger partial charge in [-0.25, -0.2) is 4.68 Å². The number of benzene rings is 2. The highest BCUT2D eigenvalue weighted by molar-refractivity contribution is 6.30. The molecular formula is C21H21ClN4O2. The topological polar surface area (TPSA) is 69.0 Å². The molecule has 1 amide bonds. The lowest BCUT2D eigenvalue weighted by atomic mass is 10.1. The smallest absolute Gasteiger partial charge is 0.273 e. The summed E-state index contributed by atoms with van der Waals surface area (Å²) in [6.45, 7) is 1.41. The molecule has 0 fully saturated rings. The SMILES string of the molecule is O=C(NCCCc1ccccc1)c1nnn2c1CO[C@@H](c1ccc(Cl)cc1)C2. The maximum absolute atomic E-state index is 12.5. The molecule has 0 spiro atoms. The highest BCUT2D eigenvalue weighted by Gasteiger charge is 2.27. The van der Waals surface area contributed by atoms with Crippen molar-refractivity contribution in [3.63, 3.8) is 0 Å². The van der Waals surface area contributed by atoms with E-state index < -0.39 is 0 Å². The molecule has 0 bridgehead atoms. The van der Waals surface area contributed by atoms with Crippen molar-refractivity contribution >= 4 is 17.5 Å². The van der Waals surface area contributed by atoms with E-state index in [-0.39, 0.29) is 12.0 Å². The molecule has 6 nitrogen and oxygen atoms in total. The lowest BCUT2D eigenvalue weighted by Gasteiger charge is -2.24. The van der Waals surface area contributed by atoms with Gasteiger partial charge in [0.25, 0.3) is 5.91 Å². The molecular weight excluding hydrogens is 376 g/mol. The number of hydrogen-bond donors (Lipinski definition) is 1. The fraction of sp³-hybridized carbons (Fsp3) is 0.286. The zero-order valence-corrected chi connectivity index (χ0v) is 16.1. The van der Waals surface area contributed by atoms with E-state index in [4.69, 9.17) is 16.3 Å². The number of aryl methyl sites for hydroxylation is 1. The summed E-state index contributed by atoms with van der Waals surface area (Å²) in [5, 5.41) is 11.8. The number of hydrogen-bond acceptors (Lipinski definition) is 4. The van der Waals surface area contributed by atoms with E-state index in [2.05, 4.69) is 27.8 Å². The Morgan fingerprint density at radius 1 is 1.18 bits per heavy atom. The Bertz CT molecular complexity index is 941. The van der Waals surface area contributed by atoms with E-state index in [1.54, 1.807) is 4.68 Å². The van der Waals surface area contributed by atoms with Crippen molar-refractivity contribution < 1.29 is 9.53 Å². The number of aromatic nitrogens is 3. The molecule has 1 atom stereocenters. The van der Waals surface area contributed by atoms with E-state index >= 15 is 0 Å². The summed E-state index contributed by atoms with van der Waals surface area (Å²) in [6.07, 6.45) is 1.66. The number of carbonyl (C=O) groups excluding carboxylic acids is 1. The van der Waals surface area contributed by atoms with Crippen LogP contribution in [0.4, 0.5) is 0 Å². The monoisotopic (exact) mass is 396 g/mol. The number of nitrogens with one attached hydrogen (secondary N) is 1. The number of amides is 1. The predicted molar refractivity (Wildman–Crippen MR) is 106 cm³/mol. The Kier molecular flexibility index (Phi) is 5.69. The van der Waals surface area contributed by atoms with E-state index in [1.807, 2.05) is 42.5 Å². The molecule has 1 aliphatic heterocycles. The first-order valence-electron chi connectivity index (χ1n) is 9.32. The first-order valence-corrected chi connectivity index (χ1v) is 9.70. The van der Waals surface area contributed by atoms with E-state index in [0.29, 0.717) is 36.1 Å². The van der Waals surface area contributed by atoms with E-state index in [1.165, 1.54) is 5.56 Å². The van der Waals surface area contributed by atoms with Crippen molar-refractivity contribution in [3.8, 4) is 0 Å². The van der Waals surface area contributed by atoms with Crippen LogP contribution in [-0.2, 0) is 24.3 Å². The second kappa shape index (κ2) is 8.54. The molecule has 1 aromatic heterocycles.